The van der Waals surface area contributed by atoms with Crippen LogP contribution in [0.25, 0.3) is 0 Å². The van der Waals surface area contributed by atoms with Crippen molar-refractivity contribution < 1.29 is 9.31 Å². The van der Waals surface area contributed by atoms with E-state index < -0.39 is 0 Å². The number of rotatable bonds is 2. The van der Waals surface area contributed by atoms with Crippen LogP contribution in [-0.4, -0.2) is 18.3 Å². The molecule has 1 aromatic rings. The Balaban J connectivity index is 2.17. The van der Waals surface area contributed by atoms with Gasteiger partial charge in [-0.15, -0.1) is 12.3 Å². The third-order valence-electron chi connectivity index (χ3n) is 3.81. The van der Waals surface area contributed by atoms with Crippen LogP contribution in [0.15, 0.2) is 24.3 Å². The summed E-state index contributed by atoms with van der Waals surface area (Å²) < 4.78 is 12.0. The zero-order valence-corrected chi connectivity index (χ0v) is 11.5. The van der Waals surface area contributed by atoms with E-state index in [1.807, 2.05) is 24.3 Å². The van der Waals surface area contributed by atoms with Gasteiger partial charge in [-0.3, -0.25) is 0 Å². The van der Waals surface area contributed by atoms with Crippen LogP contribution in [0.2, 0.25) is 0 Å². The molecule has 0 unspecified atom stereocenters. The average Bonchev–Trinajstić information content (AvgIpc) is 2.50. The summed E-state index contributed by atoms with van der Waals surface area (Å²) in [6.07, 6.45) is 5.95. The molecule has 18 heavy (non-hydrogen) atoms. The highest BCUT2D eigenvalue weighted by Crippen LogP contribution is 2.36. The molecule has 0 atom stereocenters. The monoisotopic (exact) mass is 242 g/mol. The van der Waals surface area contributed by atoms with Crippen molar-refractivity contribution in [1.29, 1.82) is 0 Å². The van der Waals surface area contributed by atoms with Gasteiger partial charge in [0.05, 0.1) is 11.2 Å². The molecular formula is C15H19BO2. The van der Waals surface area contributed by atoms with Gasteiger partial charge in [0.15, 0.2) is 0 Å². The van der Waals surface area contributed by atoms with Gasteiger partial charge in [0.1, 0.15) is 0 Å². The molecule has 94 valence electrons. The number of hydrogen-bond acceptors (Lipinski definition) is 2. The molecule has 3 heteroatoms. The van der Waals surface area contributed by atoms with E-state index in [0.29, 0.717) is 6.42 Å². The van der Waals surface area contributed by atoms with E-state index in [-0.39, 0.29) is 18.3 Å². The van der Waals surface area contributed by atoms with Crippen LogP contribution in [0.4, 0.5) is 0 Å². The Labute approximate surface area is 110 Å². The van der Waals surface area contributed by atoms with Gasteiger partial charge in [-0.05, 0) is 38.7 Å². The van der Waals surface area contributed by atoms with Crippen LogP contribution < -0.4 is 5.46 Å². The van der Waals surface area contributed by atoms with Gasteiger partial charge >= 0.3 is 7.12 Å². The molecule has 0 aliphatic carbocycles. The van der Waals surface area contributed by atoms with E-state index in [1.54, 1.807) is 0 Å². The molecule has 0 N–H and O–H groups in total. The predicted molar refractivity (Wildman–Crippen MR) is 74.7 cm³/mol. The lowest BCUT2D eigenvalue weighted by Crippen LogP contribution is -2.41. The van der Waals surface area contributed by atoms with Crippen molar-refractivity contribution in [3.05, 3.63) is 29.8 Å². The summed E-state index contributed by atoms with van der Waals surface area (Å²) in [6.45, 7) is 8.22. The highest BCUT2D eigenvalue weighted by atomic mass is 16.7. The summed E-state index contributed by atoms with van der Waals surface area (Å²) in [5.41, 5.74) is 1.58. The Morgan fingerprint density at radius 3 is 2.00 bits per heavy atom. The zero-order valence-electron chi connectivity index (χ0n) is 11.5. The lowest BCUT2D eigenvalue weighted by Gasteiger charge is -2.32. The summed E-state index contributed by atoms with van der Waals surface area (Å²) in [6, 6.07) is 8.10. The van der Waals surface area contributed by atoms with Crippen LogP contribution in [-0.2, 0) is 15.7 Å². The standard InChI is InChI=1S/C15H19BO2/c1-6-7-12-8-10-13(11-9-12)16-17-14(2,3)15(4,5)18-16/h1,8-11H,7H2,2-5H3. The molecule has 1 fully saturated rings. The molecule has 0 saturated carbocycles. The molecule has 0 aromatic heterocycles. The summed E-state index contributed by atoms with van der Waals surface area (Å²) >= 11 is 0. The van der Waals surface area contributed by atoms with E-state index in [4.69, 9.17) is 15.7 Å². The van der Waals surface area contributed by atoms with Gasteiger partial charge in [0, 0.05) is 6.42 Å². The minimum Gasteiger partial charge on any atom is -0.399 e. The van der Waals surface area contributed by atoms with Crippen LogP contribution in [0.1, 0.15) is 33.3 Å². The van der Waals surface area contributed by atoms with Gasteiger partial charge in [0.25, 0.3) is 0 Å². The quantitative estimate of drug-likeness (QED) is 0.584. The van der Waals surface area contributed by atoms with Crippen molar-refractivity contribution >= 4 is 12.6 Å². The van der Waals surface area contributed by atoms with Crippen LogP contribution in [0.3, 0.4) is 0 Å². The van der Waals surface area contributed by atoms with Crippen LogP contribution in [0, 0.1) is 12.3 Å². The second-order valence-corrected chi connectivity index (χ2v) is 5.71. The number of benzene rings is 1. The van der Waals surface area contributed by atoms with Crippen molar-refractivity contribution in [1.82, 2.24) is 0 Å². The van der Waals surface area contributed by atoms with E-state index >= 15 is 0 Å². The molecule has 1 aliphatic rings. The summed E-state index contributed by atoms with van der Waals surface area (Å²) in [5.74, 6) is 2.64. The molecule has 0 amide bonds. The highest BCUT2D eigenvalue weighted by molar-refractivity contribution is 6.62. The molecule has 0 radical (unpaired) electrons. The van der Waals surface area contributed by atoms with Gasteiger partial charge in [-0.2, -0.15) is 0 Å². The van der Waals surface area contributed by atoms with Crippen molar-refractivity contribution in [2.45, 2.75) is 45.3 Å². The van der Waals surface area contributed by atoms with Gasteiger partial charge in [-0.1, -0.05) is 24.3 Å². The van der Waals surface area contributed by atoms with E-state index in [0.717, 1.165) is 11.0 Å². The summed E-state index contributed by atoms with van der Waals surface area (Å²) in [7, 11) is -0.296. The number of hydrogen-bond donors (Lipinski definition) is 0. The predicted octanol–water partition coefficient (Wildman–Crippen LogP) is 2.16. The second kappa shape index (κ2) is 4.46. The van der Waals surface area contributed by atoms with Crippen molar-refractivity contribution in [3.8, 4) is 12.3 Å². The minimum absolute atomic E-state index is 0.296. The zero-order chi connectivity index (χ0) is 13.4. The SMILES string of the molecule is C#CCc1ccc(B2OC(C)(C)C(C)(C)O2)cc1. The molecule has 0 bridgehead atoms. The summed E-state index contributed by atoms with van der Waals surface area (Å²) in [4.78, 5) is 0. The third-order valence-corrected chi connectivity index (χ3v) is 3.81. The molecule has 1 aromatic carbocycles. The maximum Gasteiger partial charge on any atom is 0.494 e. The van der Waals surface area contributed by atoms with Crippen LogP contribution >= 0.6 is 0 Å². The van der Waals surface area contributed by atoms with Gasteiger partial charge in [-0.25, -0.2) is 0 Å². The topological polar surface area (TPSA) is 18.5 Å². The second-order valence-electron chi connectivity index (χ2n) is 5.71. The lowest BCUT2D eigenvalue weighted by atomic mass is 9.79. The Morgan fingerprint density at radius 1 is 1.06 bits per heavy atom. The molecule has 1 saturated heterocycles. The molecule has 1 heterocycles. The first-order chi connectivity index (χ1) is 8.36. The summed E-state index contributed by atoms with van der Waals surface area (Å²) in [5, 5.41) is 0. The van der Waals surface area contributed by atoms with E-state index in [9.17, 15) is 0 Å². The minimum atomic E-state index is -0.296. The Hall–Kier alpha value is -1.24. The molecular weight excluding hydrogens is 223 g/mol. The van der Waals surface area contributed by atoms with Crippen molar-refractivity contribution in [2.75, 3.05) is 0 Å². The van der Waals surface area contributed by atoms with Crippen molar-refractivity contribution in [3.63, 3.8) is 0 Å². The fourth-order valence-corrected chi connectivity index (χ4v) is 1.89. The highest BCUT2D eigenvalue weighted by Gasteiger charge is 2.51. The first-order valence-corrected chi connectivity index (χ1v) is 6.24. The maximum atomic E-state index is 5.99. The first kappa shape index (κ1) is 13.2. The number of terminal acetylenes is 1. The fraction of sp³-hybridized carbons (Fsp3) is 0.467. The molecule has 1 aliphatic heterocycles. The fourth-order valence-electron chi connectivity index (χ4n) is 1.89. The lowest BCUT2D eigenvalue weighted by molar-refractivity contribution is 0.00578. The third kappa shape index (κ3) is 2.31. The first-order valence-electron chi connectivity index (χ1n) is 6.24. The Morgan fingerprint density at radius 2 is 1.56 bits per heavy atom. The van der Waals surface area contributed by atoms with Gasteiger partial charge in [0.2, 0.25) is 0 Å². The Bertz CT molecular complexity index is 452. The maximum absolute atomic E-state index is 5.99. The molecule has 2 nitrogen and oxygen atoms in total. The average molecular weight is 242 g/mol. The Kier molecular flexibility index (Phi) is 3.27. The van der Waals surface area contributed by atoms with Crippen LogP contribution in [0.5, 0.6) is 0 Å². The van der Waals surface area contributed by atoms with Crippen molar-refractivity contribution in [2.24, 2.45) is 0 Å². The van der Waals surface area contributed by atoms with E-state index in [1.165, 1.54) is 0 Å². The largest absolute Gasteiger partial charge is 0.494 e. The molecule has 0 spiro atoms. The normalized spacial score (nSPS) is 20.7. The van der Waals surface area contributed by atoms with E-state index in [2.05, 4.69) is 33.6 Å². The molecule has 2 rings (SSSR count). The smallest absolute Gasteiger partial charge is 0.399 e. The van der Waals surface area contributed by atoms with Gasteiger partial charge < -0.3 is 9.31 Å².